The van der Waals surface area contributed by atoms with Crippen molar-refractivity contribution in [3.8, 4) is 0 Å². The van der Waals surface area contributed by atoms with Gasteiger partial charge in [-0.15, -0.1) is 4.83 Å². The first-order valence-electron chi connectivity index (χ1n) is 13.8. The van der Waals surface area contributed by atoms with E-state index < -0.39 is 63.8 Å². The van der Waals surface area contributed by atoms with Crippen molar-refractivity contribution in [1.29, 1.82) is 0 Å². The van der Waals surface area contributed by atoms with Crippen molar-refractivity contribution in [3.05, 3.63) is 48.6 Å². The van der Waals surface area contributed by atoms with Crippen molar-refractivity contribution < 1.29 is 41.9 Å². The van der Waals surface area contributed by atoms with E-state index in [2.05, 4.69) is 27.3 Å². The van der Waals surface area contributed by atoms with Crippen LogP contribution in [-0.2, 0) is 40.5 Å². The monoisotopic (exact) mass is 641 g/mol. The first kappa shape index (κ1) is 37.8. The second kappa shape index (κ2) is 18.4. The van der Waals surface area contributed by atoms with Crippen LogP contribution in [-0.4, -0.2) is 75.2 Å². The third-order valence-corrected chi connectivity index (χ3v) is 6.48. The highest BCUT2D eigenvalue weighted by Gasteiger charge is 2.29. The maximum Gasteiger partial charge on any atom is 0.408 e. The highest BCUT2D eigenvalue weighted by Crippen LogP contribution is 2.08. The molecule has 0 aliphatic carbocycles. The molecule has 17 heteroatoms. The lowest BCUT2D eigenvalue weighted by molar-refractivity contribution is -0.128. The summed E-state index contributed by atoms with van der Waals surface area (Å²) in [5.74, 6) is -2.61. The summed E-state index contributed by atoms with van der Waals surface area (Å²) in [6.07, 6.45) is 0.661. The van der Waals surface area contributed by atoms with Gasteiger partial charge in [-0.1, -0.05) is 43.0 Å². The Hall–Kier alpha value is -4.22. The number of alkyl carbamates (subject to hydrolysis) is 2. The molecule has 16 nitrogen and oxygen atoms in total. The molecule has 0 aliphatic heterocycles. The molecule has 44 heavy (non-hydrogen) atoms. The maximum absolute atomic E-state index is 13.2. The van der Waals surface area contributed by atoms with Gasteiger partial charge >= 0.3 is 12.2 Å². The Morgan fingerprint density at radius 1 is 0.977 bits per heavy atom. The van der Waals surface area contributed by atoms with E-state index in [1.165, 1.54) is 13.0 Å². The molecule has 0 spiro atoms. The van der Waals surface area contributed by atoms with Gasteiger partial charge in [-0.25, -0.2) is 9.59 Å². The molecular formula is C27H43N7O9S. The zero-order chi connectivity index (χ0) is 33.3. The van der Waals surface area contributed by atoms with Crippen LogP contribution in [0.1, 0.15) is 52.5 Å². The predicted octanol–water partition coefficient (Wildman–Crippen LogP) is 0.0187. The number of nitrogens with two attached hydrogens (primary N) is 1. The minimum absolute atomic E-state index is 0.0937. The van der Waals surface area contributed by atoms with Gasteiger partial charge in [0, 0.05) is 6.54 Å². The average Bonchev–Trinajstić information content (AvgIpc) is 2.92. The fraction of sp³-hybridized carbons (Fsp3) is 0.519. The number of amides is 5. The number of ether oxygens (including phenoxy) is 2. The average molecular weight is 642 g/mol. The van der Waals surface area contributed by atoms with Crippen molar-refractivity contribution in [2.45, 2.75) is 77.1 Å². The molecule has 1 aromatic carbocycles. The Morgan fingerprint density at radius 3 is 2.23 bits per heavy atom. The van der Waals surface area contributed by atoms with Crippen LogP contribution in [0.5, 0.6) is 0 Å². The molecule has 0 saturated carbocycles. The molecule has 0 aromatic heterocycles. The Morgan fingerprint density at radius 2 is 1.64 bits per heavy atom. The van der Waals surface area contributed by atoms with E-state index in [9.17, 15) is 32.4 Å². The van der Waals surface area contributed by atoms with E-state index in [1.54, 1.807) is 51.1 Å². The fourth-order valence-electron chi connectivity index (χ4n) is 3.43. The number of hydrazine groups is 1. The second-order valence-corrected chi connectivity index (χ2v) is 12.0. The quantitative estimate of drug-likeness (QED) is 0.0649. The van der Waals surface area contributed by atoms with Crippen molar-refractivity contribution in [3.63, 3.8) is 0 Å². The van der Waals surface area contributed by atoms with Crippen LogP contribution in [0.25, 0.3) is 0 Å². The molecule has 0 unspecified atom stereocenters. The largest absolute Gasteiger partial charge is 0.445 e. The maximum atomic E-state index is 13.2. The van der Waals surface area contributed by atoms with E-state index in [0.717, 1.165) is 0 Å². The molecule has 1 rings (SSSR count). The molecule has 0 aliphatic rings. The van der Waals surface area contributed by atoms with Gasteiger partial charge in [0.1, 0.15) is 30.3 Å². The van der Waals surface area contributed by atoms with Gasteiger partial charge in [-0.05, 0) is 58.9 Å². The Balaban J connectivity index is 2.82. The van der Waals surface area contributed by atoms with E-state index in [0.29, 0.717) is 18.4 Å². The van der Waals surface area contributed by atoms with Crippen LogP contribution in [0.15, 0.2) is 43.0 Å². The van der Waals surface area contributed by atoms with Crippen molar-refractivity contribution in [1.82, 2.24) is 30.9 Å². The minimum Gasteiger partial charge on any atom is -0.445 e. The second-order valence-electron chi connectivity index (χ2n) is 10.6. The van der Waals surface area contributed by atoms with Crippen LogP contribution in [0.2, 0.25) is 0 Å². The third kappa shape index (κ3) is 16.4. The van der Waals surface area contributed by atoms with E-state index in [1.807, 2.05) is 10.3 Å². The molecule has 0 fully saturated rings. The van der Waals surface area contributed by atoms with E-state index in [-0.39, 0.29) is 26.0 Å². The van der Waals surface area contributed by atoms with Gasteiger partial charge in [0.05, 0.1) is 0 Å². The number of nitrogens with one attached hydrogen (secondary N) is 6. The normalized spacial score (nSPS) is 13.4. The number of carbonyl (C=O) groups excluding carboxylic acids is 5. The summed E-state index contributed by atoms with van der Waals surface area (Å²) in [5.41, 5.74) is 7.36. The number of benzene rings is 1. The van der Waals surface area contributed by atoms with Crippen LogP contribution in [0, 0.1) is 0 Å². The predicted molar refractivity (Wildman–Crippen MR) is 161 cm³/mol. The van der Waals surface area contributed by atoms with Crippen LogP contribution in [0.3, 0.4) is 0 Å². The van der Waals surface area contributed by atoms with Gasteiger partial charge in [-0.3, -0.25) is 19.8 Å². The molecular weight excluding hydrogens is 598 g/mol. The molecule has 0 radical (unpaired) electrons. The smallest absolute Gasteiger partial charge is 0.408 e. The Kier molecular flexibility index (Phi) is 15.8. The molecule has 8 N–H and O–H groups in total. The summed E-state index contributed by atoms with van der Waals surface area (Å²) in [5, 5.41) is 7.27. The van der Waals surface area contributed by atoms with Crippen molar-refractivity contribution in [2.75, 3.05) is 13.2 Å². The lowest BCUT2D eigenvalue weighted by Gasteiger charge is -2.23. The molecule has 0 bridgehead atoms. The summed E-state index contributed by atoms with van der Waals surface area (Å²) in [6.45, 7) is 10.0. The summed E-state index contributed by atoms with van der Waals surface area (Å²) < 4.78 is 37.5. The molecule has 3 atom stereocenters. The van der Waals surface area contributed by atoms with Gasteiger partial charge in [0.25, 0.3) is 16.1 Å². The first-order valence-corrected chi connectivity index (χ1v) is 15.2. The molecule has 246 valence electrons. The molecule has 5 amide bonds. The third-order valence-electron chi connectivity index (χ3n) is 5.51. The minimum atomic E-state index is -4.54. The molecule has 0 saturated heterocycles. The number of unbranched alkanes of at least 4 members (excludes halogenated alkanes) is 1. The van der Waals surface area contributed by atoms with E-state index in [4.69, 9.17) is 15.2 Å². The highest BCUT2D eigenvalue weighted by molar-refractivity contribution is 7.87. The van der Waals surface area contributed by atoms with Crippen LogP contribution < -0.4 is 36.7 Å². The SMILES string of the molecule is C=CCOC(=O)N[C@@H](C)C(=O)NNS(=O)(=O)N[C@H](Cc1ccccc1)C(=O)N[C@@H](CCCCNC(=O)OC(C)(C)C)C(N)=O. The van der Waals surface area contributed by atoms with Crippen molar-refractivity contribution >= 4 is 40.1 Å². The van der Waals surface area contributed by atoms with Crippen molar-refractivity contribution in [2.24, 2.45) is 5.73 Å². The molecule has 0 heterocycles. The number of carbonyl (C=O) groups is 5. The lowest BCUT2D eigenvalue weighted by atomic mass is 10.0. The van der Waals surface area contributed by atoms with Gasteiger partial charge < -0.3 is 31.2 Å². The summed E-state index contributed by atoms with van der Waals surface area (Å²) in [7, 11) is -4.54. The lowest BCUT2D eigenvalue weighted by Crippen LogP contribution is -2.58. The zero-order valence-electron chi connectivity index (χ0n) is 25.3. The van der Waals surface area contributed by atoms with Crippen LogP contribution in [0.4, 0.5) is 9.59 Å². The highest BCUT2D eigenvalue weighted by atomic mass is 32.2. The Labute approximate surface area is 257 Å². The number of hydrogen-bond donors (Lipinski definition) is 7. The zero-order valence-corrected chi connectivity index (χ0v) is 26.1. The van der Waals surface area contributed by atoms with Gasteiger partial charge in [0.2, 0.25) is 11.8 Å². The molecule has 1 aromatic rings. The summed E-state index contributed by atoms with van der Waals surface area (Å²) in [6, 6.07) is 4.74. The summed E-state index contributed by atoms with van der Waals surface area (Å²) >= 11 is 0. The van der Waals surface area contributed by atoms with Crippen LogP contribution >= 0.6 is 0 Å². The fourth-order valence-corrected chi connectivity index (χ4v) is 4.29. The first-order chi connectivity index (χ1) is 20.5. The number of hydrogen-bond acceptors (Lipinski definition) is 9. The topological polar surface area (TPSA) is 236 Å². The Bertz CT molecular complexity index is 1240. The standard InChI is InChI=1S/C27H43N7O9S/c1-6-16-42-26(39)30-18(2)23(36)32-34-44(40,41)33-21(17-19-12-8-7-9-13-19)24(37)31-20(22(28)35)14-10-11-15-29-25(38)43-27(3,4)5/h6-9,12-13,18,20-21,33-34H,1,10-11,14-17H2,2-5H3,(H2,28,35)(H,29,38)(H,30,39)(H,31,37)(H,32,36)/t18-,20-,21+/m0/s1. The number of rotatable bonds is 18. The summed E-state index contributed by atoms with van der Waals surface area (Å²) in [4.78, 5) is 62.7. The van der Waals surface area contributed by atoms with E-state index >= 15 is 0 Å². The van der Waals surface area contributed by atoms with Gasteiger partial charge in [-0.2, -0.15) is 13.1 Å². The van der Waals surface area contributed by atoms with Gasteiger partial charge in [0.15, 0.2) is 0 Å². The number of primary amides is 1.